The molecule has 0 radical (unpaired) electrons. The van der Waals surface area contributed by atoms with Crippen molar-refractivity contribution in [2.24, 2.45) is 0 Å². The van der Waals surface area contributed by atoms with Gasteiger partial charge < -0.3 is 0 Å². The van der Waals surface area contributed by atoms with Gasteiger partial charge in [-0.25, -0.2) is 0 Å². The molecular weight excluding hydrogens is 641 g/mol. The molecule has 0 amide bonds. The number of rotatable bonds is 3. The van der Waals surface area contributed by atoms with Crippen molar-refractivity contribution >= 4 is 95.3 Å². The second-order valence-corrected chi connectivity index (χ2v) is 15.3. The monoisotopic (exact) mass is 668 g/mol. The lowest BCUT2D eigenvalue weighted by Gasteiger charge is -2.19. The van der Waals surface area contributed by atoms with Crippen LogP contribution in [0.25, 0.3) is 106 Å². The first-order valence-electron chi connectivity index (χ1n) is 17.1. The van der Waals surface area contributed by atoms with Crippen LogP contribution in [0.1, 0.15) is 0 Å². The van der Waals surface area contributed by atoms with Gasteiger partial charge in [-0.2, -0.15) is 0 Å². The Morgan fingerprint density at radius 2 is 0.760 bits per heavy atom. The second-order valence-electron chi connectivity index (χ2n) is 13.2. The van der Waals surface area contributed by atoms with Crippen LogP contribution in [0.2, 0.25) is 0 Å². The zero-order valence-electron chi connectivity index (χ0n) is 27.0. The van der Waals surface area contributed by atoms with Crippen molar-refractivity contribution < 1.29 is 0 Å². The molecule has 2 heteroatoms. The fourth-order valence-corrected chi connectivity index (χ4v) is 10.5. The molecule has 0 atom stereocenters. The van der Waals surface area contributed by atoms with E-state index in [0.29, 0.717) is 0 Å². The molecule has 11 aromatic rings. The number of benzene rings is 9. The molecular formula is C48H28S2. The molecule has 0 fully saturated rings. The molecule has 2 aromatic heterocycles. The molecule has 0 spiro atoms. The first-order valence-corrected chi connectivity index (χ1v) is 18.7. The van der Waals surface area contributed by atoms with Gasteiger partial charge in [-0.15, -0.1) is 22.7 Å². The molecule has 0 bridgehead atoms. The van der Waals surface area contributed by atoms with E-state index in [9.17, 15) is 0 Å². The fourth-order valence-electron chi connectivity index (χ4n) is 8.26. The van der Waals surface area contributed by atoms with Crippen molar-refractivity contribution in [3.8, 4) is 33.4 Å². The fraction of sp³-hybridized carbons (Fsp3) is 0. The maximum absolute atomic E-state index is 2.42. The summed E-state index contributed by atoms with van der Waals surface area (Å²) in [4.78, 5) is 0. The predicted octanol–water partition coefficient (Wildman–Crippen LogP) is 14.9. The van der Waals surface area contributed by atoms with Crippen LogP contribution in [-0.4, -0.2) is 0 Å². The minimum atomic E-state index is 1.23. The summed E-state index contributed by atoms with van der Waals surface area (Å²) in [5.41, 5.74) is 7.59. The lowest BCUT2D eigenvalue weighted by molar-refractivity contribution is 1.64. The van der Waals surface area contributed by atoms with Crippen LogP contribution in [0.3, 0.4) is 0 Å². The second kappa shape index (κ2) is 10.9. The number of fused-ring (bicyclic) bond motifs is 10. The molecule has 232 valence electrons. The quantitative estimate of drug-likeness (QED) is 0.164. The van der Waals surface area contributed by atoms with Crippen molar-refractivity contribution in [1.29, 1.82) is 0 Å². The van der Waals surface area contributed by atoms with Crippen LogP contribution in [0.4, 0.5) is 0 Å². The minimum absolute atomic E-state index is 1.23. The smallest absolute Gasteiger partial charge is 0.0362 e. The molecule has 0 nitrogen and oxygen atoms in total. The average Bonchev–Trinajstić information content (AvgIpc) is 3.74. The highest BCUT2D eigenvalue weighted by atomic mass is 32.1. The van der Waals surface area contributed by atoms with Crippen LogP contribution in [0, 0.1) is 0 Å². The van der Waals surface area contributed by atoms with E-state index in [1.807, 2.05) is 22.7 Å². The Balaban J connectivity index is 1.09. The van der Waals surface area contributed by atoms with Crippen molar-refractivity contribution in [2.45, 2.75) is 0 Å². The Hall–Kier alpha value is -5.80. The lowest BCUT2D eigenvalue weighted by Crippen LogP contribution is -1.91. The first-order chi connectivity index (χ1) is 24.8. The average molecular weight is 669 g/mol. The molecule has 50 heavy (non-hydrogen) atoms. The van der Waals surface area contributed by atoms with Gasteiger partial charge in [-0.05, 0) is 96.0 Å². The molecule has 2 heterocycles. The molecule has 0 aliphatic rings. The first kappa shape index (κ1) is 28.1. The summed E-state index contributed by atoms with van der Waals surface area (Å²) < 4.78 is 5.41. The van der Waals surface area contributed by atoms with Crippen molar-refractivity contribution in [3.63, 3.8) is 0 Å². The van der Waals surface area contributed by atoms with Gasteiger partial charge in [-0.1, -0.05) is 140 Å². The molecule has 0 N–H and O–H groups in total. The van der Waals surface area contributed by atoms with Crippen molar-refractivity contribution in [3.05, 3.63) is 170 Å². The summed E-state index contributed by atoms with van der Waals surface area (Å²) >= 11 is 3.79. The highest BCUT2D eigenvalue weighted by Gasteiger charge is 2.18. The molecule has 0 saturated carbocycles. The molecule has 11 rings (SSSR count). The van der Waals surface area contributed by atoms with Gasteiger partial charge in [0.15, 0.2) is 0 Å². The summed E-state index contributed by atoms with van der Waals surface area (Å²) in [5.74, 6) is 0. The Kier molecular flexibility index (Phi) is 6.09. The molecule has 0 saturated heterocycles. The van der Waals surface area contributed by atoms with Gasteiger partial charge in [0.25, 0.3) is 0 Å². The summed E-state index contributed by atoms with van der Waals surface area (Å²) in [5, 5.41) is 13.2. The van der Waals surface area contributed by atoms with Gasteiger partial charge in [0.2, 0.25) is 0 Å². The summed E-state index contributed by atoms with van der Waals surface area (Å²) in [6.45, 7) is 0. The molecule has 9 aromatic carbocycles. The lowest BCUT2D eigenvalue weighted by atomic mass is 9.84. The number of thiophene rings is 2. The summed E-state index contributed by atoms with van der Waals surface area (Å²) in [6, 6.07) is 63.0. The number of hydrogen-bond donors (Lipinski definition) is 0. The Morgan fingerprint density at radius 1 is 0.280 bits per heavy atom. The van der Waals surface area contributed by atoms with E-state index in [0.717, 1.165) is 0 Å². The van der Waals surface area contributed by atoms with Crippen LogP contribution < -0.4 is 0 Å². The highest BCUT2D eigenvalue weighted by Crippen LogP contribution is 2.47. The third-order valence-corrected chi connectivity index (χ3v) is 12.7. The van der Waals surface area contributed by atoms with Crippen LogP contribution >= 0.6 is 22.7 Å². The predicted molar refractivity (Wildman–Crippen MR) is 221 cm³/mol. The number of hydrogen-bond acceptors (Lipinski definition) is 2. The Morgan fingerprint density at radius 3 is 1.46 bits per heavy atom. The Labute approximate surface area is 297 Å². The molecule has 0 aliphatic heterocycles. The van der Waals surface area contributed by atoms with Crippen molar-refractivity contribution in [2.75, 3.05) is 0 Å². The third kappa shape index (κ3) is 4.10. The largest absolute Gasteiger partial charge is 0.135 e. The van der Waals surface area contributed by atoms with Gasteiger partial charge in [-0.3, -0.25) is 0 Å². The normalized spacial score (nSPS) is 12.0. The highest BCUT2D eigenvalue weighted by molar-refractivity contribution is 7.28. The zero-order valence-corrected chi connectivity index (χ0v) is 28.6. The van der Waals surface area contributed by atoms with Gasteiger partial charge in [0, 0.05) is 40.3 Å². The van der Waals surface area contributed by atoms with Gasteiger partial charge in [0.1, 0.15) is 0 Å². The van der Waals surface area contributed by atoms with Crippen LogP contribution in [0.15, 0.2) is 170 Å². The van der Waals surface area contributed by atoms with Crippen molar-refractivity contribution in [1.82, 2.24) is 0 Å². The summed E-state index contributed by atoms with van der Waals surface area (Å²) in [7, 11) is 0. The third-order valence-electron chi connectivity index (χ3n) is 10.5. The Bertz CT molecular complexity index is 3080. The van der Waals surface area contributed by atoms with Gasteiger partial charge >= 0.3 is 0 Å². The van der Waals surface area contributed by atoms with Crippen LogP contribution in [0.5, 0.6) is 0 Å². The zero-order chi connectivity index (χ0) is 32.8. The summed E-state index contributed by atoms with van der Waals surface area (Å²) in [6.07, 6.45) is 0. The van der Waals surface area contributed by atoms with E-state index in [4.69, 9.17) is 0 Å². The molecule has 0 unspecified atom stereocenters. The maximum Gasteiger partial charge on any atom is 0.0362 e. The maximum atomic E-state index is 2.42. The van der Waals surface area contributed by atoms with Crippen LogP contribution in [-0.2, 0) is 0 Å². The molecule has 0 aliphatic carbocycles. The minimum Gasteiger partial charge on any atom is -0.135 e. The van der Waals surface area contributed by atoms with E-state index >= 15 is 0 Å². The van der Waals surface area contributed by atoms with E-state index in [-0.39, 0.29) is 0 Å². The van der Waals surface area contributed by atoms with E-state index in [1.54, 1.807) is 0 Å². The van der Waals surface area contributed by atoms with E-state index < -0.39 is 0 Å². The van der Waals surface area contributed by atoms with E-state index in [2.05, 4.69) is 170 Å². The SMILES string of the molecule is c1ccc2c(-c3c4ccccc4c(-c4ccc(-c5ccc6sc7ccc8sc9ccccc9c8c7c6c5)cc4)c4ccccc34)cccc2c1. The standard InChI is InChI=1S/C48H28S2/c1-2-12-33-30(10-1)11-9-18-34(33)46-37-15-5-3-13-35(37)45(36-14-4-6-16-38(36)46)31-22-20-29(21-23-31)32-24-25-42-40(28-32)48-44(50-42)27-26-43-47(48)39-17-7-8-19-41(39)49-43/h1-28H. The van der Waals surface area contributed by atoms with Gasteiger partial charge in [0.05, 0.1) is 0 Å². The topological polar surface area (TPSA) is 0 Å². The van der Waals surface area contributed by atoms with E-state index in [1.165, 1.54) is 106 Å².